The molecule has 3 heterocycles. The van der Waals surface area contributed by atoms with Crippen molar-refractivity contribution in [2.75, 3.05) is 50.8 Å². The van der Waals surface area contributed by atoms with Crippen molar-refractivity contribution >= 4 is 11.9 Å². The number of anilines is 1. The summed E-state index contributed by atoms with van der Waals surface area (Å²) < 4.78 is 11.4. The number of benzene rings is 1. The summed E-state index contributed by atoms with van der Waals surface area (Å²) in [4.78, 5) is 26.1. The maximum Gasteiger partial charge on any atom is 0.234 e. The minimum absolute atomic E-state index is 0.0844. The minimum Gasteiger partial charge on any atom is -0.486 e. The number of rotatable bonds is 5. The molecule has 8 nitrogen and oxygen atoms in total. The van der Waals surface area contributed by atoms with E-state index in [-0.39, 0.29) is 11.4 Å². The van der Waals surface area contributed by atoms with Crippen molar-refractivity contribution in [3.8, 4) is 11.5 Å². The number of carbonyl (C=O) groups is 1. The summed E-state index contributed by atoms with van der Waals surface area (Å²) in [5, 5.41) is 3.39. The van der Waals surface area contributed by atoms with Crippen molar-refractivity contribution in [2.45, 2.75) is 31.2 Å². The first kappa shape index (κ1) is 20.1. The average molecular weight is 424 g/mol. The molecule has 1 aromatic heterocycles. The third-order valence-electron chi connectivity index (χ3n) is 6.51. The van der Waals surface area contributed by atoms with E-state index in [1.807, 2.05) is 12.1 Å². The number of ether oxygens (including phenoxy) is 2. The molecule has 0 spiro atoms. The molecule has 1 saturated heterocycles. The second kappa shape index (κ2) is 8.70. The fraction of sp³-hybridized carbons (Fsp3) is 0.522. The van der Waals surface area contributed by atoms with E-state index < -0.39 is 0 Å². The molecule has 2 aromatic rings. The molecule has 2 fully saturated rings. The standard InChI is InChI=1S/C23H29N5O3/c29-21(17-27-10-12-28(13-11-27)22-24-8-3-9-25-22)26-23(6-1-2-7-23)18-4-5-19-20(16-18)31-15-14-30-19/h3-5,8-9,16H,1-2,6-7,10-15,17H2,(H,26,29). The normalized spacial score (nSPS) is 20.5. The van der Waals surface area contributed by atoms with Gasteiger partial charge in [-0.05, 0) is 36.6 Å². The average Bonchev–Trinajstić information content (AvgIpc) is 3.29. The van der Waals surface area contributed by atoms with Gasteiger partial charge in [-0.15, -0.1) is 0 Å². The van der Waals surface area contributed by atoms with Crippen LogP contribution in [-0.4, -0.2) is 66.7 Å². The summed E-state index contributed by atoms with van der Waals surface area (Å²) in [6.07, 6.45) is 7.67. The Morgan fingerprint density at radius 2 is 1.71 bits per heavy atom. The molecular formula is C23H29N5O3. The van der Waals surface area contributed by atoms with Crippen molar-refractivity contribution in [1.82, 2.24) is 20.2 Å². The Labute approximate surface area is 182 Å². The quantitative estimate of drug-likeness (QED) is 0.787. The third-order valence-corrected chi connectivity index (χ3v) is 6.51. The van der Waals surface area contributed by atoms with E-state index in [1.54, 1.807) is 12.4 Å². The van der Waals surface area contributed by atoms with Crippen LogP contribution in [0.3, 0.4) is 0 Å². The van der Waals surface area contributed by atoms with E-state index in [9.17, 15) is 4.79 Å². The highest BCUT2D eigenvalue weighted by Crippen LogP contribution is 2.42. The van der Waals surface area contributed by atoms with Crippen molar-refractivity contribution in [3.63, 3.8) is 0 Å². The van der Waals surface area contributed by atoms with E-state index in [2.05, 4.69) is 37.2 Å². The summed E-state index contributed by atoms with van der Waals surface area (Å²) in [5.74, 6) is 2.41. The van der Waals surface area contributed by atoms with E-state index in [1.165, 1.54) is 0 Å². The molecule has 1 N–H and O–H groups in total. The SMILES string of the molecule is O=C(CN1CCN(c2ncccn2)CC1)NC1(c2ccc3c(c2)OCCO3)CCCC1. The van der Waals surface area contributed by atoms with Gasteiger partial charge in [0.1, 0.15) is 13.2 Å². The first-order chi connectivity index (χ1) is 15.2. The summed E-state index contributed by atoms with van der Waals surface area (Å²) in [7, 11) is 0. The lowest BCUT2D eigenvalue weighted by molar-refractivity contribution is -0.124. The zero-order valence-electron chi connectivity index (χ0n) is 17.8. The Bertz CT molecular complexity index is 909. The molecule has 5 rings (SSSR count). The maximum absolute atomic E-state index is 13.0. The van der Waals surface area contributed by atoms with Crippen LogP contribution in [0.25, 0.3) is 0 Å². The first-order valence-electron chi connectivity index (χ1n) is 11.2. The highest BCUT2D eigenvalue weighted by Gasteiger charge is 2.38. The van der Waals surface area contributed by atoms with Crippen LogP contribution < -0.4 is 19.7 Å². The predicted octanol–water partition coefficient (Wildman–Crippen LogP) is 1.96. The largest absolute Gasteiger partial charge is 0.486 e. The summed E-state index contributed by atoms with van der Waals surface area (Å²) in [6, 6.07) is 7.93. The minimum atomic E-state index is -0.313. The van der Waals surface area contributed by atoms with Gasteiger partial charge < -0.3 is 19.7 Å². The number of aromatic nitrogens is 2. The van der Waals surface area contributed by atoms with Gasteiger partial charge in [-0.25, -0.2) is 9.97 Å². The van der Waals surface area contributed by atoms with E-state index in [0.717, 1.165) is 74.9 Å². The highest BCUT2D eigenvalue weighted by atomic mass is 16.6. The van der Waals surface area contributed by atoms with Gasteiger partial charge in [-0.1, -0.05) is 18.9 Å². The maximum atomic E-state index is 13.0. The number of carbonyl (C=O) groups excluding carboxylic acids is 1. The number of fused-ring (bicyclic) bond motifs is 1. The topological polar surface area (TPSA) is 79.8 Å². The van der Waals surface area contributed by atoms with Crippen molar-refractivity contribution in [1.29, 1.82) is 0 Å². The van der Waals surface area contributed by atoms with Gasteiger partial charge in [-0.3, -0.25) is 9.69 Å². The first-order valence-corrected chi connectivity index (χ1v) is 11.2. The zero-order valence-corrected chi connectivity index (χ0v) is 17.8. The van der Waals surface area contributed by atoms with Gasteiger partial charge >= 0.3 is 0 Å². The van der Waals surface area contributed by atoms with Crippen LogP contribution in [0.1, 0.15) is 31.2 Å². The van der Waals surface area contributed by atoms with Gasteiger partial charge in [0.15, 0.2) is 11.5 Å². The molecule has 1 aromatic carbocycles. The van der Waals surface area contributed by atoms with Crippen LogP contribution in [0, 0.1) is 0 Å². The molecule has 0 unspecified atom stereocenters. The number of nitrogens with zero attached hydrogens (tertiary/aromatic N) is 4. The Morgan fingerprint density at radius 1 is 1.00 bits per heavy atom. The highest BCUT2D eigenvalue weighted by molar-refractivity contribution is 5.79. The van der Waals surface area contributed by atoms with Crippen LogP contribution in [0.15, 0.2) is 36.7 Å². The number of hydrogen-bond donors (Lipinski definition) is 1. The number of amides is 1. The molecule has 3 aliphatic rings. The predicted molar refractivity (Wildman–Crippen MR) is 116 cm³/mol. The molecule has 0 atom stereocenters. The second-order valence-corrected chi connectivity index (χ2v) is 8.51. The Morgan fingerprint density at radius 3 is 2.45 bits per heavy atom. The molecule has 0 radical (unpaired) electrons. The van der Waals surface area contributed by atoms with Crippen LogP contribution in [0.5, 0.6) is 11.5 Å². The second-order valence-electron chi connectivity index (χ2n) is 8.51. The molecule has 0 bridgehead atoms. The fourth-order valence-corrected chi connectivity index (χ4v) is 4.88. The van der Waals surface area contributed by atoms with Gasteiger partial charge in [0.25, 0.3) is 0 Å². The fourth-order valence-electron chi connectivity index (χ4n) is 4.88. The van der Waals surface area contributed by atoms with Gasteiger partial charge in [0.2, 0.25) is 11.9 Å². The van der Waals surface area contributed by atoms with Crippen LogP contribution >= 0.6 is 0 Å². The number of piperazine rings is 1. The number of nitrogens with one attached hydrogen (secondary N) is 1. The molecule has 1 aliphatic carbocycles. The third kappa shape index (κ3) is 4.30. The van der Waals surface area contributed by atoms with E-state index in [0.29, 0.717) is 19.8 Å². The lowest BCUT2D eigenvalue weighted by atomic mass is 9.87. The smallest absolute Gasteiger partial charge is 0.234 e. The van der Waals surface area contributed by atoms with Crippen molar-refractivity contribution in [2.24, 2.45) is 0 Å². The molecule has 2 aliphatic heterocycles. The lowest BCUT2D eigenvalue weighted by Crippen LogP contribution is -2.52. The number of hydrogen-bond acceptors (Lipinski definition) is 7. The summed E-state index contributed by atoms with van der Waals surface area (Å²) in [6.45, 7) is 4.85. The molecule has 8 heteroatoms. The Hall–Kier alpha value is -2.87. The summed E-state index contributed by atoms with van der Waals surface area (Å²) in [5.41, 5.74) is 0.806. The van der Waals surface area contributed by atoms with Crippen LogP contribution in [0.2, 0.25) is 0 Å². The van der Waals surface area contributed by atoms with Crippen LogP contribution in [-0.2, 0) is 10.3 Å². The van der Waals surface area contributed by atoms with Crippen molar-refractivity contribution < 1.29 is 14.3 Å². The lowest BCUT2D eigenvalue weighted by Gasteiger charge is -2.36. The molecule has 164 valence electrons. The monoisotopic (exact) mass is 423 g/mol. The van der Waals surface area contributed by atoms with Gasteiger partial charge in [0, 0.05) is 38.6 Å². The van der Waals surface area contributed by atoms with Gasteiger partial charge in [0.05, 0.1) is 12.1 Å². The van der Waals surface area contributed by atoms with E-state index in [4.69, 9.17) is 9.47 Å². The summed E-state index contributed by atoms with van der Waals surface area (Å²) >= 11 is 0. The zero-order chi connectivity index (χ0) is 21.1. The van der Waals surface area contributed by atoms with Gasteiger partial charge in [-0.2, -0.15) is 0 Å². The Kier molecular flexibility index (Phi) is 5.63. The molecule has 1 amide bonds. The van der Waals surface area contributed by atoms with E-state index >= 15 is 0 Å². The molecule has 31 heavy (non-hydrogen) atoms. The van der Waals surface area contributed by atoms with Crippen molar-refractivity contribution in [3.05, 3.63) is 42.2 Å². The molecular weight excluding hydrogens is 394 g/mol. The molecule has 1 saturated carbocycles. The van der Waals surface area contributed by atoms with Crippen LogP contribution in [0.4, 0.5) is 5.95 Å². The Balaban J connectivity index is 1.22.